The number of benzene rings is 2. The number of amidine groups is 1. The van der Waals surface area contributed by atoms with E-state index in [-0.39, 0.29) is 18.9 Å². The van der Waals surface area contributed by atoms with Crippen LogP contribution in [0.15, 0.2) is 75.9 Å². The van der Waals surface area contributed by atoms with E-state index in [1.54, 1.807) is 14.2 Å². The van der Waals surface area contributed by atoms with E-state index in [9.17, 15) is 9.59 Å². The van der Waals surface area contributed by atoms with Gasteiger partial charge in [-0.2, -0.15) is 0 Å². The molecule has 0 bridgehead atoms. The first kappa shape index (κ1) is 25.9. The molecule has 1 amide bonds. The van der Waals surface area contributed by atoms with Gasteiger partial charge in [-0.3, -0.25) is 4.79 Å². The molecule has 38 heavy (non-hydrogen) atoms. The summed E-state index contributed by atoms with van der Waals surface area (Å²) in [4.78, 5) is 35.5. The van der Waals surface area contributed by atoms with Crippen LogP contribution in [0.4, 0.5) is 0 Å². The smallest absolute Gasteiger partial charge is 0.338 e. The van der Waals surface area contributed by atoms with Crippen molar-refractivity contribution in [1.29, 1.82) is 0 Å². The fourth-order valence-electron chi connectivity index (χ4n) is 5.01. The second-order valence-corrected chi connectivity index (χ2v) is 10.2. The Bertz CT molecular complexity index is 1310. The molecule has 9 heteroatoms. The van der Waals surface area contributed by atoms with Gasteiger partial charge in [0.1, 0.15) is 18.1 Å². The molecule has 3 aliphatic heterocycles. The summed E-state index contributed by atoms with van der Waals surface area (Å²) in [6.07, 6.45) is 2.28. The van der Waals surface area contributed by atoms with Gasteiger partial charge in [-0.1, -0.05) is 42.1 Å². The number of hydrogen-bond acceptors (Lipinski definition) is 8. The molecular weight excluding hydrogens is 502 g/mol. The summed E-state index contributed by atoms with van der Waals surface area (Å²) in [5, 5.41) is 2.67. The molecule has 3 heterocycles. The van der Waals surface area contributed by atoms with E-state index in [4.69, 9.17) is 19.2 Å². The van der Waals surface area contributed by atoms with Gasteiger partial charge in [0.05, 0.1) is 38.0 Å². The van der Waals surface area contributed by atoms with Crippen molar-refractivity contribution in [3.63, 3.8) is 0 Å². The zero-order chi connectivity index (χ0) is 26.6. The fourth-order valence-corrected chi connectivity index (χ4v) is 5.98. The second-order valence-electron chi connectivity index (χ2n) is 9.33. The summed E-state index contributed by atoms with van der Waals surface area (Å²) in [6.45, 7) is 3.52. The molecule has 8 nitrogen and oxygen atoms in total. The van der Waals surface area contributed by atoms with E-state index in [0.29, 0.717) is 27.9 Å². The molecule has 0 aromatic heterocycles. The lowest BCUT2D eigenvalue weighted by Gasteiger charge is -2.37. The predicted octanol–water partition coefficient (Wildman–Crippen LogP) is 5.03. The number of methoxy groups -OCH3 is 2. The first-order valence-corrected chi connectivity index (χ1v) is 13.5. The molecule has 198 valence electrons. The minimum Gasteiger partial charge on any atom is -0.497 e. The zero-order valence-corrected chi connectivity index (χ0v) is 22.6. The molecule has 1 saturated heterocycles. The Kier molecular flexibility index (Phi) is 7.74. The molecule has 0 N–H and O–H groups in total. The Morgan fingerprint density at radius 3 is 2.53 bits per heavy atom. The molecule has 0 unspecified atom stereocenters. The average molecular weight is 534 g/mol. The van der Waals surface area contributed by atoms with Crippen molar-refractivity contribution in [3.05, 3.63) is 82.0 Å². The van der Waals surface area contributed by atoms with Crippen LogP contribution < -0.4 is 9.47 Å². The second kappa shape index (κ2) is 11.3. The van der Waals surface area contributed by atoms with E-state index in [1.165, 1.54) is 11.8 Å². The summed E-state index contributed by atoms with van der Waals surface area (Å²) in [5.41, 5.74) is 3.38. The molecule has 0 spiro atoms. The highest BCUT2D eigenvalue weighted by molar-refractivity contribution is 8.16. The van der Waals surface area contributed by atoms with E-state index in [0.717, 1.165) is 42.8 Å². The number of fused-ring (bicyclic) bond motifs is 1. The van der Waals surface area contributed by atoms with Crippen LogP contribution in [-0.4, -0.2) is 54.2 Å². The largest absolute Gasteiger partial charge is 0.497 e. The SMILES string of the molecule is COc1ccc(OC)c([C@@H]2C(C(=O)OCc3ccccc3)=C(C)N=C3SC=C(CC(=O)N4CCCC4)N32)c1. The third kappa shape index (κ3) is 5.15. The van der Waals surface area contributed by atoms with Crippen LogP contribution >= 0.6 is 11.8 Å². The molecule has 1 fully saturated rings. The highest BCUT2D eigenvalue weighted by Gasteiger charge is 2.43. The van der Waals surface area contributed by atoms with Gasteiger partial charge in [0.15, 0.2) is 5.17 Å². The number of aliphatic imine (C=N–C) groups is 1. The predicted molar refractivity (Wildman–Crippen MR) is 147 cm³/mol. The maximum atomic E-state index is 13.7. The van der Waals surface area contributed by atoms with Crippen LogP contribution in [0.1, 0.15) is 43.4 Å². The van der Waals surface area contributed by atoms with E-state index in [2.05, 4.69) is 0 Å². The molecule has 0 aliphatic carbocycles. The topological polar surface area (TPSA) is 80.7 Å². The van der Waals surface area contributed by atoms with Crippen molar-refractivity contribution in [3.8, 4) is 11.5 Å². The number of allylic oxidation sites excluding steroid dienone is 1. The first-order valence-electron chi connectivity index (χ1n) is 12.6. The van der Waals surface area contributed by atoms with Gasteiger partial charge >= 0.3 is 5.97 Å². The Morgan fingerprint density at radius 1 is 1.05 bits per heavy atom. The monoisotopic (exact) mass is 533 g/mol. The number of rotatable bonds is 8. The third-order valence-electron chi connectivity index (χ3n) is 6.96. The Labute approximate surface area is 226 Å². The molecule has 2 aromatic rings. The Hall–Kier alpha value is -3.72. The number of nitrogens with zero attached hydrogens (tertiary/aromatic N) is 3. The maximum absolute atomic E-state index is 13.7. The number of amides is 1. The van der Waals surface area contributed by atoms with Gasteiger partial charge < -0.3 is 24.0 Å². The lowest BCUT2D eigenvalue weighted by atomic mass is 9.92. The number of thioether (sulfide) groups is 1. The van der Waals surface area contributed by atoms with Crippen LogP contribution in [0.2, 0.25) is 0 Å². The van der Waals surface area contributed by atoms with Gasteiger partial charge in [-0.15, -0.1) is 0 Å². The average Bonchev–Trinajstić information content (AvgIpc) is 3.62. The quantitative estimate of drug-likeness (QED) is 0.440. The lowest BCUT2D eigenvalue weighted by Crippen LogP contribution is -2.38. The summed E-state index contributed by atoms with van der Waals surface area (Å²) in [6, 6.07) is 14.5. The van der Waals surface area contributed by atoms with Gasteiger partial charge in [-0.25, -0.2) is 9.79 Å². The van der Waals surface area contributed by atoms with Gasteiger partial charge in [0.25, 0.3) is 0 Å². The van der Waals surface area contributed by atoms with Crippen molar-refractivity contribution in [2.24, 2.45) is 4.99 Å². The third-order valence-corrected chi connectivity index (χ3v) is 7.84. The van der Waals surface area contributed by atoms with Crippen molar-refractivity contribution >= 4 is 28.8 Å². The zero-order valence-electron chi connectivity index (χ0n) is 21.8. The number of carbonyl (C=O) groups is 2. The van der Waals surface area contributed by atoms with Crippen molar-refractivity contribution in [2.75, 3.05) is 27.3 Å². The summed E-state index contributed by atoms with van der Waals surface area (Å²) >= 11 is 1.45. The standard InChI is InChI=1S/C29H31N3O5S/c1-19-26(28(34)37-17-20-9-5-4-6-10-20)27(23-16-22(35-2)11-12-24(23)36-3)32-21(18-38-29(32)30-19)15-25(33)31-13-7-8-14-31/h4-6,9-12,16,18,27H,7-8,13-15,17H2,1-3H3/t27-/m1/s1. The lowest BCUT2D eigenvalue weighted by molar-refractivity contribution is -0.141. The van der Waals surface area contributed by atoms with Crippen LogP contribution in [0, 0.1) is 0 Å². The van der Waals surface area contributed by atoms with E-state index in [1.807, 2.05) is 70.7 Å². The summed E-state index contributed by atoms with van der Waals surface area (Å²) in [5.74, 6) is 0.836. The minimum absolute atomic E-state index is 0.0754. The molecule has 0 saturated carbocycles. The van der Waals surface area contributed by atoms with Crippen LogP contribution in [0.25, 0.3) is 0 Å². The van der Waals surface area contributed by atoms with Crippen molar-refractivity contribution in [2.45, 2.75) is 38.8 Å². The summed E-state index contributed by atoms with van der Waals surface area (Å²) in [7, 11) is 3.20. The van der Waals surface area contributed by atoms with Crippen molar-refractivity contribution in [1.82, 2.24) is 9.80 Å². The number of likely N-dealkylation sites (tertiary alicyclic amines) is 1. The van der Waals surface area contributed by atoms with Gasteiger partial charge in [0, 0.05) is 24.4 Å². The molecule has 1 atom stereocenters. The van der Waals surface area contributed by atoms with Gasteiger partial charge in [0.2, 0.25) is 5.91 Å². The van der Waals surface area contributed by atoms with Crippen LogP contribution in [0.3, 0.4) is 0 Å². The normalized spacial score (nSPS) is 18.7. The van der Waals surface area contributed by atoms with Crippen LogP contribution in [-0.2, 0) is 20.9 Å². The molecule has 0 radical (unpaired) electrons. The first-order chi connectivity index (χ1) is 18.5. The number of carbonyl (C=O) groups excluding carboxylic acids is 2. The molecular formula is C29H31N3O5S. The number of esters is 1. The fraction of sp³-hybridized carbons (Fsp3) is 0.345. The molecule has 5 rings (SSSR count). The summed E-state index contributed by atoms with van der Waals surface area (Å²) < 4.78 is 17.1. The molecule has 2 aromatic carbocycles. The van der Waals surface area contributed by atoms with Crippen LogP contribution in [0.5, 0.6) is 11.5 Å². The minimum atomic E-state index is -0.608. The van der Waals surface area contributed by atoms with E-state index >= 15 is 0 Å². The van der Waals surface area contributed by atoms with E-state index < -0.39 is 12.0 Å². The molecule has 3 aliphatic rings. The Morgan fingerprint density at radius 2 is 1.82 bits per heavy atom. The van der Waals surface area contributed by atoms with Gasteiger partial charge in [-0.05, 0) is 48.9 Å². The highest BCUT2D eigenvalue weighted by atomic mass is 32.2. The highest BCUT2D eigenvalue weighted by Crippen LogP contribution is 2.47. The maximum Gasteiger partial charge on any atom is 0.338 e. The van der Waals surface area contributed by atoms with Crippen molar-refractivity contribution < 1.29 is 23.8 Å². The Balaban J connectivity index is 1.53. The number of hydrogen-bond donors (Lipinski definition) is 0. The number of ether oxygens (including phenoxy) is 3.